The number of aromatic nitrogens is 1. The Balaban J connectivity index is 1.89. The number of nitrogens with zero attached hydrogens (tertiary/aromatic N) is 1. The fraction of sp³-hybridized carbons (Fsp3) is 0.500. The summed E-state index contributed by atoms with van der Waals surface area (Å²) in [6.45, 7) is 0. The molecule has 0 saturated heterocycles. The molecule has 3 rings (SSSR count). The molecule has 1 aromatic carbocycles. The van der Waals surface area contributed by atoms with E-state index < -0.39 is 5.82 Å². The van der Waals surface area contributed by atoms with Gasteiger partial charge in [0.2, 0.25) is 0 Å². The number of benzene rings is 1. The number of nitrogens with two attached hydrogens (primary N) is 1. The zero-order valence-electron chi connectivity index (χ0n) is 10.6. The van der Waals surface area contributed by atoms with Crippen molar-refractivity contribution < 1.29 is 8.81 Å². The molecule has 1 fully saturated rings. The van der Waals surface area contributed by atoms with E-state index in [-0.39, 0.29) is 10.6 Å². The molecule has 1 saturated carbocycles. The minimum absolute atomic E-state index is 0.0625. The van der Waals surface area contributed by atoms with Crippen LogP contribution >= 0.6 is 11.6 Å². The van der Waals surface area contributed by atoms with Crippen LogP contribution in [0.5, 0.6) is 0 Å². The molecular formula is C14H16ClFN2O. The second-order valence-corrected chi connectivity index (χ2v) is 5.85. The molecule has 0 unspecified atom stereocenters. The van der Waals surface area contributed by atoms with Gasteiger partial charge in [-0.05, 0) is 18.9 Å². The summed E-state index contributed by atoms with van der Waals surface area (Å²) in [7, 11) is 0. The van der Waals surface area contributed by atoms with Crippen molar-refractivity contribution in [2.75, 3.05) is 0 Å². The summed E-state index contributed by atoms with van der Waals surface area (Å²) in [5, 5.41) is 0.0625. The fourth-order valence-corrected chi connectivity index (χ4v) is 2.94. The van der Waals surface area contributed by atoms with Crippen LogP contribution in [-0.2, 0) is 6.42 Å². The highest BCUT2D eigenvalue weighted by Crippen LogP contribution is 2.30. The third-order valence-electron chi connectivity index (χ3n) is 3.83. The van der Waals surface area contributed by atoms with Gasteiger partial charge in [0.1, 0.15) is 11.3 Å². The van der Waals surface area contributed by atoms with E-state index >= 15 is 0 Å². The Morgan fingerprint density at radius 1 is 1.32 bits per heavy atom. The molecule has 0 amide bonds. The summed E-state index contributed by atoms with van der Waals surface area (Å²) in [5.41, 5.74) is 7.15. The second kappa shape index (κ2) is 4.76. The van der Waals surface area contributed by atoms with Crippen LogP contribution in [0, 0.1) is 5.82 Å². The molecule has 0 atom stereocenters. The van der Waals surface area contributed by atoms with Crippen LogP contribution in [0.4, 0.5) is 4.39 Å². The van der Waals surface area contributed by atoms with Crippen molar-refractivity contribution in [3.63, 3.8) is 0 Å². The molecule has 102 valence electrons. The number of rotatable bonds is 2. The summed E-state index contributed by atoms with van der Waals surface area (Å²) >= 11 is 5.73. The molecule has 0 radical (unpaired) electrons. The van der Waals surface area contributed by atoms with Gasteiger partial charge < -0.3 is 10.2 Å². The van der Waals surface area contributed by atoms with E-state index in [1.165, 1.54) is 18.6 Å². The van der Waals surface area contributed by atoms with Crippen molar-refractivity contribution in [2.24, 2.45) is 5.73 Å². The van der Waals surface area contributed by atoms with E-state index in [1.807, 2.05) is 0 Å². The van der Waals surface area contributed by atoms with Crippen LogP contribution in [-0.4, -0.2) is 10.5 Å². The lowest BCUT2D eigenvalue weighted by Crippen LogP contribution is -2.43. The van der Waals surface area contributed by atoms with Crippen LogP contribution in [0.2, 0.25) is 5.02 Å². The highest BCUT2D eigenvalue weighted by molar-refractivity contribution is 6.31. The lowest BCUT2D eigenvalue weighted by Gasteiger charge is -2.32. The standard InChI is InChI=1S/C14H16ClFN2O/c15-9-6-11-12(7-10(9)16)19-13(18-11)8-14(17)4-2-1-3-5-14/h6-7H,1-5,8,17H2. The minimum atomic E-state index is -0.489. The van der Waals surface area contributed by atoms with Crippen LogP contribution in [0.1, 0.15) is 38.0 Å². The van der Waals surface area contributed by atoms with E-state index in [0.717, 1.165) is 25.7 Å². The van der Waals surface area contributed by atoms with Crippen molar-refractivity contribution in [2.45, 2.75) is 44.1 Å². The number of hydrogen-bond donors (Lipinski definition) is 1. The van der Waals surface area contributed by atoms with Crippen LogP contribution in [0.3, 0.4) is 0 Å². The molecular weight excluding hydrogens is 267 g/mol. The smallest absolute Gasteiger partial charge is 0.197 e. The Morgan fingerprint density at radius 3 is 2.79 bits per heavy atom. The quantitative estimate of drug-likeness (QED) is 0.911. The lowest BCUT2D eigenvalue weighted by atomic mass is 9.80. The van der Waals surface area contributed by atoms with Crippen LogP contribution in [0.15, 0.2) is 16.5 Å². The van der Waals surface area contributed by atoms with Gasteiger partial charge in [-0.3, -0.25) is 0 Å². The fourth-order valence-electron chi connectivity index (χ4n) is 2.78. The van der Waals surface area contributed by atoms with Gasteiger partial charge in [0.05, 0.1) is 5.02 Å². The van der Waals surface area contributed by atoms with Gasteiger partial charge in [0.25, 0.3) is 0 Å². The van der Waals surface area contributed by atoms with Gasteiger partial charge in [-0.1, -0.05) is 30.9 Å². The molecule has 0 aliphatic heterocycles. The first-order valence-corrected chi connectivity index (χ1v) is 6.97. The maximum Gasteiger partial charge on any atom is 0.197 e. The third kappa shape index (κ3) is 2.60. The maximum atomic E-state index is 13.3. The van der Waals surface area contributed by atoms with Gasteiger partial charge in [-0.2, -0.15) is 0 Å². The van der Waals surface area contributed by atoms with Crippen molar-refractivity contribution in [3.05, 3.63) is 28.9 Å². The van der Waals surface area contributed by atoms with Crippen molar-refractivity contribution in [1.82, 2.24) is 4.98 Å². The number of halogens is 2. The van der Waals surface area contributed by atoms with Gasteiger partial charge in [-0.25, -0.2) is 9.37 Å². The van der Waals surface area contributed by atoms with Crippen molar-refractivity contribution >= 4 is 22.7 Å². The lowest BCUT2D eigenvalue weighted by molar-refractivity contribution is 0.276. The molecule has 2 N–H and O–H groups in total. The average molecular weight is 283 g/mol. The summed E-state index contributed by atoms with van der Waals surface area (Å²) in [6, 6.07) is 2.77. The normalized spacial score (nSPS) is 18.9. The van der Waals surface area contributed by atoms with Crippen LogP contribution in [0.25, 0.3) is 11.1 Å². The predicted octanol–water partition coefficient (Wildman–Crippen LogP) is 3.82. The average Bonchev–Trinajstić information content (AvgIpc) is 2.71. The van der Waals surface area contributed by atoms with E-state index in [0.29, 0.717) is 23.4 Å². The minimum Gasteiger partial charge on any atom is -0.441 e. The summed E-state index contributed by atoms with van der Waals surface area (Å²) in [4.78, 5) is 4.36. The van der Waals surface area contributed by atoms with E-state index in [2.05, 4.69) is 4.98 Å². The topological polar surface area (TPSA) is 52.0 Å². The zero-order valence-corrected chi connectivity index (χ0v) is 11.3. The monoisotopic (exact) mass is 282 g/mol. The largest absolute Gasteiger partial charge is 0.441 e. The zero-order chi connectivity index (χ0) is 13.5. The Labute approximate surface area is 115 Å². The number of hydrogen-bond acceptors (Lipinski definition) is 3. The summed E-state index contributed by atoms with van der Waals surface area (Å²) in [5.74, 6) is 0.0815. The Bertz CT molecular complexity index is 566. The highest BCUT2D eigenvalue weighted by atomic mass is 35.5. The first-order chi connectivity index (χ1) is 9.06. The van der Waals surface area contributed by atoms with Crippen molar-refractivity contribution in [1.29, 1.82) is 0 Å². The second-order valence-electron chi connectivity index (χ2n) is 5.44. The van der Waals surface area contributed by atoms with E-state index in [9.17, 15) is 4.39 Å². The first kappa shape index (κ1) is 12.9. The van der Waals surface area contributed by atoms with Gasteiger partial charge in [0, 0.05) is 18.0 Å². The van der Waals surface area contributed by atoms with Gasteiger partial charge >= 0.3 is 0 Å². The summed E-state index contributed by atoms with van der Waals surface area (Å²) in [6.07, 6.45) is 6.12. The Kier molecular flexibility index (Phi) is 3.23. The molecule has 1 aliphatic carbocycles. The molecule has 1 aliphatic rings. The van der Waals surface area contributed by atoms with E-state index in [1.54, 1.807) is 0 Å². The summed E-state index contributed by atoms with van der Waals surface area (Å²) < 4.78 is 18.9. The van der Waals surface area contributed by atoms with Crippen LogP contribution < -0.4 is 5.73 Å². The molecule has 1 aromatic heterocycles. The molecule has 0 spiro atoms. The van der Waals surface area contributed by atoms with Gasteiger partial charge in [-0.15, -0.1) is 0 Å². The Hall–Kier alpha value is -1.13. The number of oxazole rings is 1. The van der Waals surface area contributed by atoms with Crippen molar-refractivity contribution in [3.8, 4) is 0 Å². The predicted molar refractivity (Wildman–Crippen MR) is 72.7 cm³/mol. The highest BCUT2D eigenvalue weighted by Gasteiger charge is 2.29. The molecule has 19 heavy (non-hydrogen) atoms. The molecule has 0 bridgehead atoms. The third-order valence-corrected chi connectivity index (χ3v) is 4.12. The molecule has 2 aromatic rings. The molecule has 1 heterocycles. The molecule has 5 heteroatoms. The van der Waals surface area contributed by atoms with Gasteiger partial charge in [0.15, 0.2) is 11.5 Å². The molecule has 3 nitrogen and oxygen atoms in total. The number of fused-ring (bicyclic) bond motifs is 1. The first-order valence-electron chi connectivity index (χ1n) is 6.59. The SMILES string of the molecule is NC1(Cc2nc3cc(Cl)c(F)cc3o2)CCCCC1. The van der Waals surface area contributed by atoms with E-state index in [4.69, 9.17) is 21.8 Å². The Morgan fingerprint density at radius 2 is 2.05 bits per heavy atom. The maximum absolute atomic E-state index is 13.3.